The zero-order chi connectivity index (χ0) is 19.2. The average Bonchev–Trinajstić information content (AvgIpc) is 2.61. The smallest absolute Gasteiger partial charge is 0.248 e. The third-order valence-corrected chi connectivity index (χ3v) is 4.75. The molecule has 0 saturated carbocycles. The van der Waals surface area contributed by atoms with Gasteiger partial charge in [0.1, 0.15) is 0 Å². The molecule has 1 amide bonds. The predicted octanol–water partition coefficient (Wildman–Crippen LogP) is 2.29. The van der Waals surface area contributed by atoms with Gasteiger partial charge in [-0.1, -0.05) is 32.9 Å². The lowest BCUT2D eigenvalue weighted by Gasteiger charge is -2.40. The van der Waals surface area contributed by atoms with Crippen LogP contribution in [0.3, 0.4) is 0 Å². The Balaban J connectivity index is 1.86. The molecule has 1 aromatic rings. The van der Waals surface area contributed by atoms with Crippen molar-refractivity contribution in [2.24, 2.45) is 22.1 Å². The Kier molecular flexibility index (Phi) is 7.03. The molecular weight excluding hydrogens is 328 g/mol. The van der Waals surface area contributed by atoms with Crippen LogP contribution in [0, 0.1) is 11.3 Å². The first kappa shape index (κ1) is 20.2. The molecule has 2 unspecified atom stereocenters. The molecule has 1 saturated heterocycles. The van der Waals surface area contributed by atoms with Crippen LogP contribution in [0.25, 0.3) is 0 Å². The summed E-state index contributed by atoms with van der Waals surface area (Å²) in [6.45, 7) is 9.02. The van der Waals surface area contributed by atoms with E-state index in [2.05, 4.69) is 36.4 Å². The number of benzene rings is 1. The highest BCUT2D eigenvalue weighted by molar-refractivity contribution is 5.92. The van der Waals surface area contributed by atoms with E-state index in [1.54, 1.807) is 19.2 Å². The van der Waals surface area contributed by atoms with Gasteiger partial charge in [0.05, 0.1) is 6.10 Å². The van der Waals surface area contributed by atoms with Crippen molar-refractivity contribution >= 4 is 11.9 Å². The van der Waals surface area contributed by atoms with Crippen LogP contribution in [0.15, 0.2) is 29.3 Å². The number of rotatable bonds is 5. The maximum atomic E-state index is 11.1. The molecule has 6 heteroatoms. The quantitative estimate of drug-likeness (QED) is 0.555. The molecule has 4 N–H and O–H groups in total. The number of aliphatic imine (C=N–C) groups is 1. The largest absolute Gasteiger partial charge is 0.377 e. The second kappa shape index (κ2) is 9.03. The highest BCUT2D eigenvalue weighted by Gasteiger charge is 2.35. The molecule has 0 radical (unpaired) electrons. The van der Waals surface area contributed by atoms with E-state index in [4.69, 9.17) is 10.5 Å². The SMILES string of the molecule is CN=C(NCc1ccc(C(N)=O)cc1)NCC1CCCOC1C(C)(C)C. The number of carbonyl (C=O) groups excluding carboxylic acids is 1. The third-order valence-electron chi connectivity index (χ3n) is 4.75. The number of nitrogens with zero attached hydrogens (tertiary/aromatic N) is 1. The standard InChI is InChI=1S/C20H32N4O2/c1-20(2,3)17-16(6-5-11-26-17)13-24-19(22-4)23-12-14-7-9-15(10-8-14)18(21)25/h7-10,16-17H,5-6,11-13H2,1-4H3,(H2,21,25)(H2,22,23,24). The van der Waals surface area contributed by atoms with Gasteiger partial charge in [-0.2, -0.15) is 0 Å². The lowest BCUT2D eigenvalue weighted by Crippen LogP contribution is -2.47. The van der Waals surface area contributed by atoms with E-state index in [0.29, 0.717) is 18.0 Å². The number of nitrogens with two attached hydrogens (primary N) is 1. The van der Waals surface area contributed by atoms with Gasteiger partial charge in [-0.3, -0.25) is 9.79 Å². The zero-order valence-electron chi connectivity index (χ0n) is 16.3. The summed E-state index contributed by atoms with van der Waals surface area (Å²) in [7, 11) is 1.77. The van der Waals surface area contributed by atoms with Crippen molar-refractivity contribution in [3.8, 4) is 0 Å². The van der Waals surface area contributed by atoms with Gasteiger partial charge in [-0.15, -0.1) is 0 Å². The van der Waals surface area contributed by atoms with Gasteiger partial charge >= 0.3 is 0 Å². The summed E-state index contributed by atoms with van der Waals surface area (Å²) in [6, 6.07) is 7.27. The van der Waals surface area contributed by atoms with Crippen molar-refractivity contribution in [2.75, 3.05) is 20.2 Å². The van der Waals surface area contributed by atoms with Gasteiger partial charge < -0.3 is 21.1 Å². The number of hydrogen-bond donors (Lipinski definition) is 3. The fraction of sp³-hybridized carbons (Fsp3) is 0.600. The van der Waals surface area contributed by atoms with Crippen molar-refractivity contribution in [3.63, 3.8) is 0 Å². The Labute approximate surface area is 156 Å². The van der Waals surface area contributed by atoms with Crippen LogP contribution >= 0.6 is 0 Å². The average molecular weight is 361 g/mol. The van der Waals surface area contributed by atoms with Gasteiger partial charge in [-0.25, -0.2) is 0 Å². The molecule has 2 rings (SSSR count). The summed E-state index contributed by atoms with van der Waals surface area (Å²) in [5, 5.41) is 6.74. The van der Waals surface area contributed by atoms with Gasteiger partial charge in [0.25, 0.3) is 0 Å². The monoisotopic (exact) mass is 360 g/mol. The lowest BCUT2D eigenvalue weighted by atomic mass is 9.78. The zero-order valence-corrected chi connectivity index (χ0v) is 16.3. The van der Waals surface area contributed by atoms with Crippen LogP contribution < -0.4 is 16.4 Å². The fourth-order valence-electron chi connectivity index (χ4n) is 3.43. The Morgan fingerprint density at radius 3 is 2.54 bits per heavy atom. The number of nitrogens with one attached hydrogen (secondary N) is 2. The first-order valence-electron chi connectivity index (χ1n) is 9.26. The van der Waals surface area contributed by atoms with E-state index < -0.39 is 5.91 Å². The molecule has 0 aromatic heterocycles. The molecule has 1 aliphatic rings. The summed E-state index contributed by atoms with van der Waals surface area (Å²) >= 11 is 0. The van der Waals surface area contributed by atoms with E-state index in [0.717, 1.165) is 31.1 Å². The predicted molar refractivity (Wildman–Crippen MR) is 105 cm³/mol. The van der Waals surface area contributed by atoms with Crippen LogP contribution in [0.1, 0.15) is 49.5 Å². The first-order valence-corrected chi connectivity index (χ1v) is 9.26. The lowest BCUT2D eigenvalue weighted by molar-refractivity contribution is -0.0835. The van der Waals surface area contributed by atoms with E-state index >= 15 is 0 Å². The van der Waals surface area contributed by atoms with Crippen molar-refractivity contribution in [2.45, 2.75) is 46.3 Å². The van der Waals surface area contributed by atoms with Crippen molar-refractivity contribution in [1.82, 2.24) is 10.6 Å². The molecule has 0 spiro atoms. The van der Waals surface area contributed by atoms with E-state index in [9.17, 15) is 4.79 Å². The van der Waals surface area contributed by atoms with E-state index in [1.165, 1.54) is 6.42 Å². The summed E-state index contributed by atoms with van der Waals surface area (Å²) in [4.78, 5) is 15.4. The molecule has 0 aliphatic carbocycles. The minimum atomic E-state index is -0.412. The van der Waals surface area contributed by atoms with Crippen LogP contribution in [0.5, 0.6) is 0 Å². The summed E-state index contributed by atoms with van der Waals surface area (Å²) in [6.07, 6.45) is 2.53. The number of primary amides is 1. The van der Waals surface area contributed by atoms with Gasteiger partial charge in [0.2, 0.25) is 5.91 Å². The summed E-state index contributed by atoms with van der Waals surface area (Å²) in [5.74, 6) is 0.824. The minimum Gasteiger partial charge on any atom is -0.377 e. The molecule has 0 bridgehead atoms. The van der Waals surface area contributed by atoms with Crippen molar-refractivity contribution in [3.05, 3.63) is 35.4 Å². The fourth-order valence-corrected chi connectivity index (χ4v) is 3.43. The van der Waals surface area contributed by atoms with Gasteiger partial charge in [0, 0.05) is 38.2 Å². The van der Waals surface area contributed by atoms with E-state index in [1.807, 2.05) is 12.1 Å². The highest BCUT2D eigenvalue weighted by Crippen LogP contribution is 2.33. The Bertz CT molecular complexity index is 620. The first-order chi connectivity index (χ1) is 12.3. The molecule has 1 heterocycles. The van der Waals surface area contributed by atoms with Crippen LogP contribution in [0.4, 0.5) is 0 Å². The normalized spacial score (nSPS) is 21.3. The second-order valence-corrected chi connectivity index (χ2v) is 7.93. The number of amides is 1. The number of ether oxygens (including phenoxy) is 1. The molecule has 1 fully saturated rings. The minimum absolute atomic E-state index is 0.131. The Morgan fingerprint density at radius 2 is 1.96 bits per heavy atom. The molecule has 6 nitrogen and oxygen atoms in total. The Hall–Kier alpha value is -2.08. The molecular formula is C20H32N4O2. The van der Waals surface area contributed by atoms with Crippen LogP contribution in [-0.2, 0) is 11.3 Å². The topological polar surface area (TPSA) is 88.7 Å². The molecule has 1 aliphatic heterocycles. The third kappa shape index (κ3) is 5.73. The maximum Gasteiger partial charge on any atom is 0.248 e. The number of guanidine groups is 1. The van der Waals surface area contributed by atoms with Crippen molar-refractivity contribution < 1.29 is 9.53 Å². The van der Waals surface area contributed by atoms with Gasteiger partial charge in [0.15, 0.2) is 5.96 Å². The molecule has 26 heavy (non-hydrogen) atoms. The maximum absolute atomic E-state index is 11.1. The van der Waals surface area contributed by atoms with Crippen LogP contribution in [-0.4, -0.2) is 38.2 Å². The second-order valence-electron chi connectivity index (χ2n) is 7.93. The van der Waals surface area contributed by atoms with Gasteiger partial charge in [-0.05, 0) is 36.0 Å². The summed E-state index contributed by atoms with van der Waals surface area (Å²) in [5.41, 5.74) is 6.97. The van der Waals surface area contributed by atoms with Crippen molar-refractivity contribution in [1.29, 1.82) is 0 Å². The summed E-state index contributed by atoms with van der Waals surface area (Å²) < 4.78 is 6.04. The molecule has 2 atom stereocenters. The highest BCUT2D eigenvalue weighted by atomic mass is 16.5. The number of carbonyl (C=O) groups is 1. The Morgan fingerprint density at radius 1 is 1.27 bits per heavy atom. The molecule has 144 valence electrons. The van der Waals surface area contributed by atoms with E-state index in [-0.39, 0.29) is 11.5 Å². The molecule has 1 aromatic carbocycles. The van der Waals surface area contributed by atoms with Crippen LogP contribution in [0.2, 0.25) is 0 Å². The number of hydrogen-bond acceptors (Lipinski definition) is 3.